The number of halogens is 2. The molecule has 0 fully saturated rings. The maximum atomic E-state index is 12.9. The second-order valence-corrected chi connectivity index (χ2v) is 4.03. The van der Waals surface area contributed by atoms with Gasteiger partial charge in [0.05, 0.1) is 10.7 Å². The lowest BCUT2D eigenvalue weighted by atomic mass is 10.1. The van der Waals surface area contributed by atoms with Gasteiger partial charge in [0.2, 0.25) is 0 Å². The average molecular weight is 240 g/mol. The quantitative estimate of drug-likeness (QED) is 0.847. The van der Waals surface area contributed by atoms with Crippen molar-refractivity contribution in [3.05, 3.63) is 46.0 Å². The molecule has 0 aliphatic carbocycles. The smallest absolute Gasteiger partial charge is 0.197 e. The lowest BCUT2D eigenvalue weighted by molar-refractivity contribution is 0.627. The SMILES string of the molecule is Cc1[nH]c(N)nc1Cc1ccc(F)c(Cl)c1. The Kier molecular flexibility index (Phi) is 2.83. The van der Waals surface area contributed by atoms with E-state index in [-0.39, 0.29) is 5.02 Å². The molecule has 1 heterocycles. The van der Waals surface area contributed by atoms with E-state index >= 15 is 0 Å². The van der Waals surface area contributed by atoms with E-state index in [1.54, 1.807) is 12.1 Å². The molecule has 3 nitrogen and oxygen atoms in total. The molecular weight excluding hydrogens is 229 g/mol. The molecule has 0 unspecified atom stereocenters. The van der Waals surface area contributed by atoms with Gasteiger partial charge in [0.15, 0.2) is 5.95 Å². The Labute approximate surface area is 97.5 Å². The molecule has 3 N–H and O–H groups in total. The molecule has 0 bridgehead atoms. The number of hydrogen-bond acceptors (Lipinski definition) is 2. The van der Waals surface area contributed by atoms with E-state index in [0.29, 0.717) is 12.4 Å². The molecular formula is C11H11ClFN3. The molecule has 2 rings (SSSR count). The minimum absolute atomic E-state index is 0.124. The van der Waals surface area contributed by atoms with Gasteiger partial charge >= 0.3 is 0 Å². The number of nitrogens with one attached hydrogen (secondary N) is 1. The summed E-state index contributed by atoms with van der Waals surface area (Å²) in [6.45, 7) is 1.89. The van der Waals surface area contributed by atoms with Crippen LogP contribution in [0.1, 0.15) is 17.0 Å². The number of H-pyrrole nitrogens is 1. The largest absolute Gasteiger partial charge is 0.369 e. The van der Waals surface area contributed by atoms with Crippen LogP contribution in [0.2, 0.25) is 5.02 Å². The monoisotopic (exact) mass is 239 g/mol. The fraction of sp³-hybridized carbons (Fsp3) is 0.182. The summed E-state index contributed by atoms with van der Waals surface area (Å²) in [4.78, 5) is 7.06. The lowest BCUT2D eigenvalue weighted by Gasteiger charge is -2.01. The highest BCUT2D eigenvalue weighted by Crippen LogP contribution is 2.19. The molecule has 2 aromatic rings. The Morgan fingerprint density at radius 1 is 1.50 bits per heavy atom. The molecule has 0 amide bonds. The Morgan fingerprint density at radius 2 is 2.25 bits per heavy atom. The third-order valence-corrected chi connectivity index (χ3v) is 2.65. The summed E-state index contributed by atoms with van der Waals surface area (Å²) in [5.41, 5.74) is 8.20. The zero-order valence-corrected chi connectivity index (χ0v) is 9.48. The Bertz CT molecular complexity index is 522. The van der Waals surface area contributed by atoms with Crippen molar-refractivity contribution in [2.75, 3.05) is 5.73 Å². The molecule has 84 valence electrons. The molecule has 0 atom stereocenters. The number of aromatic nitrogens is 2. The molecule has 0 spiro atoms. The molecule has 1 aromatic heterocycles. The zero-order chi connectivity index (χ0) is 11.7. The van der Waals surface area contributed by atoms with Crippen molar-refractivity contribution in [3.63, 3.8) is 0 Å². The van der Waals surface area contributed by atoms with Gasteiger partial charge in [-0.15, -0.1) is 0 Å². The van der Waals surface area contributed by atoms with E-state index in [9.17, 15) is 4.39 Å². The predicted molar refractivity (Wildman–Crippen MR) is 62.0 cm³/mol. The van der Waals surface area contributed by atoms with Crippen molar-refractivity contribution >= 4 is 17.5 Å². The van der Waals surface area contributed by atoms with Crippen LogP contribution in [0.4, 0.5) is 10.3 Å². The van der Waals surface area contributed by atoms with Crippen molar-refractivity contribution in [1.29, 1.82) is 0 Å². The molecule has 1 aromatic carbocycles. The highest BCUT2D eigenvalue weighted by Gasteiger charge is 2.07. The van der Waals surface area contributed by atoms with Crippen molar-refractivity contribution in [1.82, 2.24) is 9.97 Å². The first-order chi connectivity index (χ1) is 7.56. The minimum atomic E-state index is -0.413. The van der Waals surface area contributed by atoms with Crippen LogP contribution in [0.25, 0.3) is 0 Å². The van der Waals surface area contributed by atoms with Gasteiger partial charge in [-0.25, -0.2) is 9.37 Å². The highest BCUT2D eigenvalue weighted by molar-refractivity contribution is 6.30. The van der Waals surface area contributed by atoms with E-state index in [2.05, 4.69) is 9.97 Å². The predicted octanol–water partition coefficient (Wildman–Crippen LogP) is 2.68. The molecule has 0 saturated heterocycles. The van der Waals surface area contributed by atoms with Gasteiger partial charge in [0.1, 0.15) is 5.82 Å². The van der Waals surface area contributed by atoms with Crippen LogP contribution < -0.4 is 5.73 Å². The van der Waals surface area contributed by atoms with Crippen LogP contribution in [0, 0.1) is 12.7 Å². The molecule has 0 radical (unpaired) electrons. The topological polar surface area (TPSA) is 54.7 Å². The summed E-state index contributed by atoms with van der Waals surface area (Å²) < 4.78 is 12.9. The summed E-state index contributed by atoms with van der Waals surface area (Å²) in [5.74, 6) is -0.0237. The molecule has 0 aliphatic heterocycles. The molecule has 5 heteroatoms. The van der Waals surface area contributed by atoms with Gasteiger partial charge in [-0.05, 0) is 24.6 Å². The van der Waals surface area contributed by atoms with E-state index in [4.69, 9.17) is 17.3 Å². The standard InChI is InChI=1S/C11H11ClFN3/c1-6-10(16-11(14)15-6)5-7-2-3-9(13)8(12)4-7/h2-4H,5H2,1H3,(H3,14,15,16). The third-order valence-electron chi connectivity index (χ3n) is 2.36. The van der Waals surface area contributed by atoms with Crippen LogP contribution >= 0.6 is 11.6 Å². The van der Waals surface area contributed by atoms with Crippen LogP contribution in [0.5, 0.6) is 0 Å². The molecule has 0 aliphatic rings. The first kappa shape index (κ1) is 11.0. The molecule has 16 heavy (non-hydrogen) atoms. The van der Waals surface area contributed by atoms with Gasteiger partial charge in [0.25, 0.3) is 0 Å². The number of nitrogens with two attached hydrogens (primary N) is 1. The summed E-state index contributed by atoms with van der Waals surface area (Å²) in [6, 6.07) is 4.63. The minimum Gasteiger partial charge on any atom is -0.369 e. The number of nitrogens with zero attached hydrogens (tertiary/aromatic N) is 1. The summed E-state index contributed by atoms with van der Waals surface area (Å²) in [7, 11) is 0. The number of imidazole rings is 1. The fourth-order valence-corrected chi connectivity index (χ4v) is 1.74. The van der Waals surface area contributed by atoms with Crippen LogP contribution in [-0.4, -0.2) is 9.97 Å². The maximum absolute atomic E-state index is 12.9. The van der Waals surface area contributed by atoms with Gasteiger partial charge in [-0.3, -0.25) is 0 Å². The second-order valence-electron chi connectivity index (χ2n) is 3.62. The highest BCUT2D eigenvalue weighted by atomic mass is 35.5. The Hall–Kier alpha value is -1.55. The van der Waals surface area contributed by atoms with E-state index < -0.39 is 5.82 Å². The number of anilines is 1. The van der Waals surface area contributed by atoms with Gasteiger partial charge in [-0.1, -0.05) is 17.7 Å². The number of rotatable bonds is 2. The number of aromatic amines is 1. The second kappa shape index (κ2) is 4.14. The van der Waals surface area contributed by atoms with Crippen molar-refractivity contribution < 1.29 is 4.39 Å². The fourth-order valence-electron chi connectivity index (χ4n) is 1.54. The first-order valence-electron chi connectivity index (χ1n) is 4.81. The van der Waals surface area contributed by atoms with Crippen LogP contribution in [0.3, 0.4) is 0 Å². The van der Waals surface area contributed by atoms with E-state index in [1.807, 2.05) is 6.92 Å². The summed E-state index contributed by atoms with van der Waals surface area (Å²) in [5, 5.41) is 0.124. The van der Waals surface area contributed by atoms with Gasteiger partial charge in [0, 0.05) is 12.1 Å². The van der Waals surface area contributed by atoms with E-state index in [0.717, 1.165) is 17.0 Å². The Balaban J connectivity index is 2.27. The lowest BCUT2D eigenvalue weighted by Crippen LogP contribution is -1.92. The Morgan fingerprint density at radius 3 is 2.81 bits per heavy atom. The van der Waals surface area contributed by atoms with Crippen molar-refractivity contribution in [3.8, 4) is 0 Å². The number of aryl methyl sites for hydroxylation is 1. The van der Waals surface area contributed by atoms with Crippen molar-refractivity contribution in [2.45, 2.75) is 13.3 Å². The first-order valence-corrected chi connectivity index (χ1v) is 5.19. The van der Waals surface area contributed by atoms with Crippen LogP contribution in [-0.2, 0) is 6.42 Å². The molecule has 0 saturated carbocycles. The van der Waals surface area contributed by atoms with E-state index in [1.165, 1.54) is 6.07 Å². The van der Waals surface area contributed by atoms with Gasteiger partial charge < -0.3 is 10.7 Å². The number of nitrogen functional groups attached to an aromatic ring is 1. The average Bonchev–Trinajstić information content (AvgIpc) is 2.51. The normalized spacial score (nSPS) is 10.7. The maximum Gasteiger partial charge on any atom is 0.197 e. The van der Waals surface area contributed by atoms with Crippen LogP contribution in [0.15, 0.2) is 18.2 Å². The third kappa shape index (κ3) is 2.17. The number of hydrogen-bond donors (Lipinski definition) is 2. The number of benzene rings is 1. The summed E-state index contributed by atoms with van der Waals surface area (Å²) in [6.07, 6.45) is 0.583. The van der Waals surface area contributed by atoms with Gasteiger partial charge in [-0.2, -0.15) is 0 Å². The summed E-state index contributed by atoms with van der Waals surface area (Å²) >= 11 is 5.70. The van der Waals surface area contributed by atoms with Crippen molar-refractivity contribution in [2.24, 2.45) is 0 Å². The zero-order valence-electron chi connectivity index (χ0n) is 8.72.